The van der Waals surface area contributed by atoms with Crippen LogP contribution in [0.5, 0.6) is 5.75 Å². The van der Waals surface area contributed by atoms with Gasteiger partial charge in [-0.3, -0.25) is 4.72 Å². The van der Waals surface area contributed by atoms with Crippen molar-refractivity contribution in [3.8, 4) is 5.75 Å². The maximum absolute atomic E-state index is 11.4. The van der Waals surface area contributed by atoms with Gasteiger partial charge in [-0.25, -0.2) is 22.0 Å². The first-order valence-electron chi connectivity index (χ1n) is 4.91. The van der Waals surface area contributed by atoms with Gasteiger partial charge in [-0.2, -0.15) is 0 Å². The van der Waals surface area contributed by atoms with E-state index >= 15 is 0 Å². The van der Waals surface area contributed by atoms with Crippen LogP contribution in [0, 0.1) is 0 Å². The molecule has 0 aromatic heterocycles. The minimum Gasteiger partial charge on any atom is -0.495 e. The van der Waals surface area contributed by atoms with Crippen molar-refractivity contribution in [2.24, 2.45) is 5.14 Å². The summed E-state index contributed by atoms with van der Waals surface area (Å²) >= 11 is 0. The third-order valence-electron chi connectivity index (χ3n) is 2.12. The second kappa shape index (κ2) is 5.12. The molecule has 102 valence electrons. The zero-order valence-electron chi connectivity index (χ0n) is 9.87. The van der Waals surface area contributed by atoms with Crippen LogP contribution in [0.15, 0.2) is 23.1 Å². The van der Waals surface area contributed by atoms with Gasteiger partial charge in [-0.15, -0.1) is 0 Å². The molecule has 0 amide bonds. The fraction of sp³-hybridized carbons (Fsp3) is 0.333. The fourth-order valence-electron chi connectivity index (χ4n) is 1.22. The highest BCUT2D eigenvalue weighted by molar-refractivity contribution is 7.92. The highest BCUT2D eigenvalue weighted by atomic mass is 32.2. The predicted octanol–water partition coefficient (Wildman–Crippen LogP) is 0.104. The molecule has 0 aliphatic heterocycles. The number of benzene rings is 1. The van der Waals surface area contributed by atoms with Gasteiger partial charge in [0.25, 0.3) is 0 Å². The van der Waals surface area contributed by atoms with Crippen molar-refractivity contribution in [1.82, 2.24) is 0 Å². The van der Waals surface area contributed by atoms with Crippen molar-refractivity contribution in [1.29, 1.82) is 0 Å². The number of hydrogen-bond acceptors (Lipinski definition) is 5. The smallest absolute Gasteiger partial charge is 0.241 e. The van der Waals surface area contributed by atoms with Crippen molar-refractivity contribution in [2.75, 3.05) is 17.6 Å². The Morgan fingerprint density at radius 1 is 1.28 bits per heavy atom. The van der Waals surface area contributed by atoms with E-state index in [9.17, 15) is 16.8 Å². The summed E-state index contributed by atoms with van der Waals surface area (Å²) in [7, 11) is -6.08. The predicted molar refractivity (Wildman–Crippen MR) is 67.5 cm³/mol. The molecule has 0 saturated carbocycles. The van der Waals surface area contributed by atoms with Crippen LogP contribution in [-0.4, -0.2) is 29.7 Å². The van der Waals surface area contributed by atoms with Gasteiger partial charge in [0, 0.05) is 6.07 Å². The molecule has 0 fully saturated rings. The Bertz CT molecular complexity index is 637. The fourth-order valence-corrected chi connectivity index (χ4v) is 2.53. The Kier molecular flexibility index (Phi) is 4.20. The molecule has 1 aromatic rings. The maximum atomic E-state index is 11.4. The Labute approximate surface area is 106 Å². The molecule has 0 saturated heterocycles. The Morgan fingerprint density at radius 3 is 2.33 bits per heavy atom. The molecule has 1 rings (SSSR count). The second-order valence-electron chi connectivity index (χ2n) is 3.42. The van der Waals surface area contributed by atoms with E-state index in [2.05, 4.69) is 4.72 Å². The molecule has 1 aromatic carbocycles. The number of nitrogens with two attached hydrogens (primary N) is 1. The molecule has 7 nitrogen and oxygen atoms in total. The molecule has 3 N–H and O–H groups in total. The van der Waals surface area contributed by atoms with Gasteiger partial charge in [-0.05, 0) is 19.1 Å². The number of ether oxygens (including phenoxy) is 1. The van der Waals surface area contributed by atoms with E-state index < -0.39 is 20.0 Å². The molecule has 0 aliphatic carbocycles. The number of methoxy groups -OCH3 is 1. The summed E-state index contributed by atoms with van der Waals surface area (Å²) in [6, 6.07) is 3.74. The Balaban J connectivity index is 3.23. The molecule has 18 heavy (non-hydrogen) atoms. The quantitative estimate of drug-likeness (QED) is 0.799. The highest BCUT2D eigenvalue weighted by Crippen LogP contribution is 2.26. The number of primary sulfonamides is 1. The van der Waals surface area contributed by atoms with Crippen LogP contribution in [0.2, 0.25) is 0 Å². The van der Waals surface area contributed by atoms with E-state index in [4.69, 9.17) is 9.88 Å². The maximum Gasteiger partial charge on any atom is 0.241 e. The largest absolute Gasteiger partial charge is 0.495 e. The lowest BCUT2D eigenvalue weighted by atomic mass is 10.3. The average Bonchev–Trinajstić information content (AvgIpc) is 2.27. The Morgan fingerprint density at radius 2 is 1.89 bits per heavy atom. The third kappa shape index (κ3) is 3.59. The summed E-state index contributed by atoms with van der Waals surface area (Å²) in [5, 5.41) is 4.99. The van der Waals surface area contributed by atoms with Crippen molar-refractivity contribution in [2.45, 2.75) is 11.8 Å². The molecule has 0 aliphatic rings. The molecule has 0 spiro atoms. The summed E-state index contributed by atoms with van der Waals surface area (Å²) in [6.45, 7) is 1.48. The van der Waals surface area contributed by atoms with Gasteiger partial charge in [0.05, 0.1) is 18.6 Å². The van der Waals surface area contributed by atoms with Crippen LogP contribution >= 0.6 is 0 Å². The minimum absolute atomic E-state index is 0.0196. The molecular weight excluding hydrogens is 280 g/mol. The molecule has 0 unspecified atom stereocenters. The number of rotatable bonds is 5. The van der Waals surface area contributed by atoms with E-state index in [0.29, 0.717) is 0 Å². The number of hydrogen-bond donors (Lipinski definition) is 2. The zero-order valence-corrected chi connectivity index (χ0v) is 11.5. The van der Waals surface area contributed by atoms with Gasteiger partial charge in [0.2, 0.25) is 20.0 Å². The molecule has 0 atom stereocenters. The lowest BCUT2D eigenvalue weighted by Crippen LogP contribution is -2.16. The van der Waals surface area contributed by atoms with E-state index in [1.807, 2.05) is 0 Å². The van der Waals surface area contributed by atoms with Crippen LogP contribution in [0.1, 0.15) is 6.92 Å². The zero-order chi connectivity index (χ0) is 14.0. The lowest BCUT2D eigenvalue weighted by Gasteiger charge is -2.10. The Hall–Kier alpha value is -1.32. The van der Waals surface area contributed by atoms with E-state index in [0.717, 1.165) is 0 Å². The first-order chi connectivity index (χ1) is 8.19. The normalized spacial score (nSPS) is 12.2. The first kappa shape index (κ1) is 14.7. The van der Waals surface area contributed by atoms with Crippen LogP contribution < -0.4 is 14.6 Å². The van der Waals surface area contributed by atoms with Crippen molar-refractivity contribution >= 4 is 25.7 Å². The molecule has 0 heterocycles. The third-order valence-corrected chi connectivity index (χ3v) is 4.38. The van der Waals surface area contributed by atoms with Gasteiger partial charge >= 0.3 is 0 Å². The molecule has 0 bridgehead atoms. The van der Waals surface area contributed by atoms with Crippen molar-refractivity contribution in [3.05, 3.63) is 18.2 Å². The van der Waals surface area contributed by atoms with Crippen LogP contribution in [-0.2, 0) is 20.0 Å². The van der Waals surface area contributed by atoms with Crippen LogP contribution in [0.3, 0.4) is 0 Å². The molecular formula is C9H14N2O5S2. The summed E-state index contributed by atoms with van der Waals surface area (Å²) < 4.78 is 52.3. The van der Waals surface area contributed by atoms with Gasteiger partial charge in [0.15, 0.2) is 0 Å². The summed E-state index contributed by atoms with van der Waals surface area (Å²) in [4.78, 5) is -0.204. The number of sulfonamides is 2. The van der Waals surface area contributed by atoms with Gasteiger partial charge < -0.3 is 4.74 Å². The van der Waals surface area contributed by atoms with E-state index in [1.54, 1.807) is 0 Å². The standard InChI is InChI=1S/C9H14N2O5S2/c1-3-17(12,13)11-7-4-5-9(18(10,14)15)8(6-7)16-2/h4-6,11H,3H2,1-2H3,(H2,10,14,15). The second-order valence-corrected chi connectivity index (χ2v) is 6.96. The number of anilines is 1. The first-order valence-corrected chi connectivity index (χ1v) is 8.11. The molecule has 0 radical (unpaired) electrons. The molecule has 9 heteroatoms. The van der Waals surface area contributed by atoms with Gasteiger partial charge in [0.1, 0.15) is 10.6 Å². The summed E-state index contributed by atoms with van der Waals surface area (Å²) in [6.07, 6.45) is 0. The van der Waals surface area contributed by atoms with E-state index in [-0.39, 0.29) is 22.1 Å². The van der Waals surface area contributed by atoms with Crippen LogP contribution in [0.25, 0.3) is 0 Å². The highest BCUT2D eigenvalue weighted by Gasteiger charge is 2.16. The average molecular weight is 294 g/mol. The van der Waals surface area contributed by atoms with Crippen molar-refractivity contribution < 1.29 is 21.6 Å². The van der Waals surface area contributed by atoms with E-state index in [1.165, 1.54) is 32.2 Å². The van der Waals surface area contributed by atoms with Gasteiger partial charge in [-0.1, -0.05) is 0 Å². The summed E-state index contributed by atoms with van der Waals surface area (Å²) in [5.74, 6) is -0.111. The minimum atomic E-state index is -3.91. The lowest BCUT2D eigenvalue weighted by molar-refractivity contribution is 0.403. The monoisotopic (exact) mass is 294 g/mol. The SMILES string of the molecule is CCS(=O)(=O)Nc1ccc(S(N)(=O)=O)c(OC)c1. The van der Waals surface area contributed by atoms with Crippen molar-refractivity contribution in [3.63, 3.8) is 0 Å². The topological polar surface area (TPSA) is 116 Å². The number of nitrogens with one attached hydrogen (secondary N) is 1. The summed E-state index contributed by atoms with van der Waals surface area (Å²) in [5.41, 5.74) is 0.209. The van der Waals surface area contributed by atoms with Crippen LogP contribution in [0.4, 0.5) is 5.69 Å².